The molecule has 22 heavy (non-hydrogen) atoms. The van der Waals surface area contributed by atoms with Gasteiger partial charge < -0.3 is 5.32 Å². The van der Waals surface area contributed by atoms with Gasteiger partial charge in [-0.2, -0.15) is 17.2 Å². The maximum absolute atomic E-state index is 13.3. The van der Waals surface area contributed by atoms with E-state index >= 15 is 0 Å². The number of nitrogens with one attached hydrogen (secondary N) is 1. The van der Waals surface area contributed by atoms with Crippen molar-refractivity contribution in [1.82, 2.24) is 5.32 Å². The third-order valence-corrected chi connectivity index (χ3v) is 7.75. The molecule has 0 aromatic carbocycles. The Labute approximate surface area is 127 Å². The minimum Gasteiger partial charge on any atom is -0.349 e. The molecule has 0 radical (unpaired) electrons. The number of alkyl halides is 2. The van der Waals surface area contributed by atoms with Gasteiger partial charge in [-0.15, -0.1) is 0 Å². The van der Waals surface area contributed by atoms with Crippen LogP contribution in [-0.4, -0.2) is 30.7 Å². The van der Waals surface area contributed by atoms with Gasteiger partial charge in [-0.3, -0.25) is 9.35 Å². The molecule has 4 aliphatic carbocycles. The van der Waals surface area contributed by atoms with Gasteiger partial charge in [0.15, 0.2) is 0 Å². The van der Waals surface area contributed by atoms with Crippen LogP contribution < -0.4 is 5.32 Å². The first-order valence-corrected chi connectivity index (χ1v) is 9.17. The average molecular weight is 335 g/mol. The number of hydrogen-bond acceptors (Lipinski definition) is 3. The third kappa shape index (κ3) is 1.60. The zero-order valence-electron chi connectivity index (χ0n) is 12.0. The molecule has 0 aromatic rings. The number of halogens is 2. The van der Waals surface area contributed by atoms with Crippen LogP contribution in [0.2, 0.25) is 0 Å². The van der Waals surface area contributed by atoms with E-state index in [9.17, 15) is 22.0 Å². The van der Waals surface area contributed by atoms with E-state index in [0.717, 1.165) is 31.6 Å². The molecule has 5 unspecified atom stereocenters. The van der Waals surface area contributed by atoms with E-state index in [4.69, 9.17) is 4.55 Å². The summed E-state index contributed by atoms with van der Waals surface area (Å²) in [6, 6.07) is 0. The highest BCUT2D eigenvalue weighted by Gasteiger charge is 2.74. The van der Waals surface area contributed by atoms with E-state index in [0.29, 0.717) is 11.8 Å². The fourth-order valence-corrected chi connectivity index (χ4v) is 6.67. The second-order valence-electron chi connectivity index (χ2n) is 7.83. The van der Waals surface area contributed by atoms with Gasteiger partial charge in [0.05, 0.1) is 0 Å². The Bertz CT molecular complexity index is 645. The molecular weight excluding hydrogens is 316 g/mol. The molecule has 124 valence electrons. The lowest BCUT2D eigenvalue weighted by Gasteiger charge is -2.59. The molecule has 1 amide bonds. The van der Waals surface area contributed by atoms with Crippen molar-refractivity contribution in [3.8, 4) is 0 Å². The molecule has 1 spiro atoms. The Balaban J connectivity index is 1.51. The van der Waals surface area contributed by atoms with E-state index in [-0.39, 0.29) is 17.4 Å². The van der Waals surface area contributed by atoms with Crippen LogP contribution in [0.25, 0.3) is 0 Å². The van der Waals surface area contributed by atoms with Crippen LogP contribution in [0.15, 0.2) is 0 Å². The van der Waals surface area contributed by atoms with Crippen molar-refractivity contribution in [3.05, 3.63) is 0 Å². The van der Waals surface area contributed by atoms with Crippen molar-refractivity contribution in [2.24, 2.45) is 28.6 Å². The molecule has 4 saturated carbocycles. The SMILES string of the molecule is O=C(NCC12CC3CC4CC(C1)C2(C4)C3)C(F)(F)S(=O)(=O)O. The summed E-state index contributed by atoms with van der Waals surface area (Å²) in [6.45, 7) is 0.0939. The molecule has 0 saturated heterocycles. The molecule has 2 N–H and O–H groups in total. The Morgan fingerprint density at radius 3 is 2.55 bits per heavy atom. The molecule has 5 atom stereocenters. The third-order valence-electron chi connectivity index (χ3n) is 6.92. The highest BCUT2D eigenvalue weighted by Crippen LogP contribution is 2.80. The summed E-state index contributed by atoms with van der Waals surface area (Å²) in [6.07, 6.45) is 6.55. The van der Waals surface area contributed by atoms with Gasteiger partial charge in [0.2, 0.25) is 0 Å². The first-order valence-electron chi connectivity index (χ1n) is 7.73. The maximum atomic E-state index is 13.3. The van der Waals surface area contributed by atoms with E-state index < -0.39 is 21.3 Å². The zero-order valence-corrected chi connectivity index (χ0v) is 12.8. The van der Waals surface area contributed by atoms with Crippen molar-refractivity contribution in [2.75, 3.05) is 6.54 Å². The lowest BCUT2D eigenvalue weighted by molar-refractivity contribution is -0.141. The molecule has 3 bridgehead atoms. The molecule has 8 heteroatoms. The Kier molecular flexibility index (Phi) is 2.70. The van der Waals surface area contributed by atoms with Gasteiger partial charge in [0.1, 0.15) is 0 Å². The summed E-state index contributed by atoms with van der Waals surface area (Å²) in [5, 5.41) is -2.67. The second kappa shape index (κ2) is 4.01. The van der Waals surface area contributed by atoms with E-state index in [1.807, 2.05) is 0 Å². The van der Waals surface area contributed by atoms with Crippen LogP contribution >= 0.6 is 0 Å². The number of fused-ring (bicyclic) bond motifs is 2. The van der Waals surface area contributed by atoms with Crippen molar-refractivity contribution < 1.29 is 26.5 Å². The van der Waals surface area contributed by atoms with Gasteiger partial charge in [-0.05, 0) is 67.1 Å². The smallest absolute Gasteiger partial charge is 0.349 e. The van der Waals surface area contributed by atoms with Crippen molar-refractivity contribution in [2.45, 2.75) is 43.8 Å². The predicted octanol–water partition coefficient (Wildman–Crippen LogP) is 1.80. The molecule has 0 aromatic heterocycles. The number of amides is 1. The summed E-state index contributed by atoms with van der Waals surface area (Å²) in [5.74, 6) is 0.0810. The lowest BCUT2D eigenvalue weighted by Crippen LogP contribution is -2.59. The monoisotopic (exact) mass is 335 g/mol. The van der Waals surface area contributed by atoms with Gasteiger partial charge in [-0.1, -0.05) is 0 Å². The molecule has 0 aliphatic heterocycles. The summed E-state index contributed by atoms with van der Waals surface area (Å²) >= 11 is 0. The fourth-order valence-electron chi connectivity index (χ4n) is 6.37. The minimum absolute atomic E-state index is 0.0939. The van der Waals surface area contributed by atoms with Crippen molar-refractivity contribution in [3.63, 3.8) is 0 Å². The molecule has 4 rings (SSSR count). The Morgan fingerprint density at radius 2 is 1.86 bits per heavy atom. The van der Waals surface area contributed by atoms with E-state index in [1.165, 1.54) is 12.8 Å². The summed E-state index contributed by atoms with van der Waals surface area (Å²) < 4.78 is 56.4. The average Bonchev–Trinajstić information content (AvgIpc) is 2.71. The standard InChI is InChI=1S/C14H19F2NO4S/c15-14(16,22(19,20)21)11(18)17-7-12-3-9-1-8-2-10(6-12)13(12,4-8)5-9/h8-10H,1-7H2,(H,17,18)(H,19,20,21). The number of carbonyl (C=O) groups is 1. The fraction of sp³-hybridized carbons (Fsp3) is 0.929. The number of rotatable bonds is 4. The number of hydrogen-bond donors (Lipinski definition) is 2. The van der Waals surface area contributed by atoms with Crippen LogP contribution in [-0.2, 0) is 14.9 Å². The van der Waals surface area contributed by atoms with Crippen LogP contribution in [0.3, 0.4) is 0 Å². The topological polar surface area (TPSA) is 83.5 Å². The largest absolute Gasteiger partial charge is 0.446 e. The predicted molar refractivity (Wildman–Crippen MR) is 72.5 cm³/mol. The first-order chi connectivity index (χ1) is 10.1. The van der Waals surface area contributed by atoms with Gasteiger partial charge in [0, 0.05) is 6.54 Å². The van der Waals surface area contributed by atoms with Gasteiger partial charge in [0.25, 0.3) is 0 Å². The van der Waals surface area contributed by atoms with Gasteiger partial charge in [-0.25, -0.2) is 0 Å². The van der Waals surface area contributed by atoms with Crippen LogP contribution in [0.5, 0.6) is 0 Å². The van der Waals surface area contributed by atoms with Crippen molar-refractivity contribution in [1.29, 1.82) is 0 Å². The van der Waals surface area contributed by atoms with Crippen molar-refractivity contribution >= 4 is 16.0 Å². The summed E-state index contributed by atoms with van der Waals surface area (Å²) in [4.78, 5) is 11.5. The second-order valence-corrected chi connectivity index (χ2v) is 9.29. The lowest BCUT2D eigenvalue weighted by atomic mass is 9.46. The van der Waals surface area contributed by atoms with E-state index in [2.05, 4.69) is 5.32 Å². The van der Waals surface area contributed by atoms with Gasteiger partial charge >= 0.3 is 21.3 Å². The Hall–Kier alpha value is -0.760. The summed E-state index contributed by atoms with van der Waals surface area (Å²) in [5.41, 5.74) is 0.0414. The molecule has 4 fully saturated rings. The van der Waals surface area contributed by atoms with Crippen LogP contribution in [0.1, 0.15) is 38.5 Å². The summed E-state index contributed by atoms with van der Waals surface area (Å²) in [7, 11) is -5.73. The minimum atomic E-state index is -5.73. The first kappa shape index (κ1) is 14.8. The van der Waals surface area contributed by atoms with Crippen LogP contribution in [0, 0.1) is 28.6 Å². The van der Waals surface area contributed by atoms with Crippen LogP contribution in [0.4, 0.5) is 8.78 Å². The molecule has 5 nitrogen and oxygen atoms in total. The molecular formula is C14H19F2NO4S. The quantitative estimate of drug-likeness (QED) is 0.768. The highest BCUT2D eigenvalue weighted by molar-refractivity contribution is 7.87. The maximum Gasteiger partial charge on any atom is 0.446 e. The number of carbonyl (C=O) groups excluding carboxylic acids is 1. The zero-order chi connectivity index (χ0) is 16.0. The Morgan fingerprint density at radius 1 is 1.18 bits per heavy atom. The molecule has 4 aliphatic rings. The van der Waals surface area contributed by atoms with E-state index in [1.54, 1.807) is 0 Å². The highest BCUT2D eigenvalue weighted by atomic mass is 32.2. The normalized spacial score (nSPS) is 45.5. The molecule has 0 heterocycles.